The van der Waals surface area contributed by atoms with E-state index in [0.717, 1.165) is 42.3 Å². The minimum Gasteiger partial charge on any atom is -0.316 e. The highest BCUT2D eigenvalue weighted by atomic mass is 15.1. The number of piperidine rings is 1. The van der Waals surface area contributed by atoms with Gasteiger partial charge < -0.3 is 5.32 Å². The zero-order valence-corrected chi connectivity index (χ0v) is 11.2. The Morgan fingerprint density at radius 2 is 2.21 bits per heavy atom. The molecule has 19 heavy (non-hydrogen) atoms. The molecule has 2 N–H and O–H groups in total. The Kier molecular flexibility index (Phi) is 3.55. The van der Waals surface area contributed by atoms with Crippen molar-refractivity contribution in [1.29, 1.82) is 0 Å². The van der Waals surface area contributed by atoms with E-state index in [-0.39, 0.29) is 0 Å². The first-order valence-electron chi connectivity index (χ1n) is 6.86. The molecule has 0 radical (unpaired) electrons. The fourth-order valence-electron chi connectivity index (χ4n) is 2.64. The van der Waals surface area contributed by atoms with E-state index >= 15 is 0 Å². The first-order chi connectivity index (χ1) is 9.33. The normalized spacial score (nSPS) is 19.5. The average molecular weight is 257 g/mol. The van der Waals surface area contributed by atoms with Crippen LogP contribution in [0.25, 0.3) is 11.4 Å². The van der Waals surface area contributed by atoms with Gasteiger partial charge in [-0.15, -0.1) is 0 Å². The van der Waals surface area contributed by atoms with Crippen molar-refractivity contribution in [3.05, 3.63) is 29.8 Å². The number of nitrogens with one attached hydrogen (secondary N) is 2. The van der Waals surface area contributed by atoms with Gasteiger partial charge >= 0.3 is 0 Å². The summed E-state index contributed by atoms with van der Waals surface area (Å²) in [5.41, 5.74) is 3.91. The Bertz CT molecular complexity index is 542. The van der Waals surface area contributed by atoms with Crippen molar-refractivity contribution in [2.75, 3.05) is 13.1 Å². The summed E-state index contributed by atoms with van der Waals surface area (Å²) in [6.07, 6.45) is 7.00. The highest BCUT2D eigenvalue weighted by molar-refractivity contribution is 5.56. The van der Waals surface area contributed by atoms with Crippen LogP contribution in [0, 0.1) is 12.8 Å². The van der Waals surface area contributed by atoms with Gasteiger partial charge in [-0.2, -0.15) is 5.10 Å². The van der Waals surface area contributed by atoms with Gasteiger partial charge in [-0.1, -0.05) is 0 Å². The molecule has 0 aliphatic carbocycles. The molecule has 0 spiro atoms. The van der Waals surface area contributed by atoms with Crippen LogP contribution in [-0.2, 0) is 6.42 Å². The van der Waals surface area contributed by atoms with Gasteiger partial charge in [-0.3, -0.25) is 15.1 Å². The summed E-state index contributed by atoms with van der Waals surface area (Å²) in [5, 5.41) is 10.7. The SMILES string of the molecule is Cc1cc(-c2nccnc2C[C@H]2CCCNC2)n[nH]1. The number of H-pyrrole nitrogens is 1. The van der Waals surface area contributed by atoms with Crippen LogP contribution in [0.3, 0.4) is 0 Å². The van der Waals surface area contributed by atoms with Gasteiger partial charge in [-0.05, 0) is 51.3 Å². The maximum Gasteiger partial charge on any atom is 0.113 e. The lowest BCUT2D eigenvalue weighted by molar-refractivity contribution is 0.373. The van der Waals surface area contributed by atoms with Gasteiger partial charge in [0.05, 0.1) is 5.69 Å². The minimum absolute atomic E-state index is 0.657. The average Bonchev–Trinajstić information content (AvgIpc) is 2.87. The number of aryl methyl sites for hydroxylation is 1. The first-order valence-corrected chi connectivity index (χ1v) is 6.86. The van der Waals surface area contributed by atoms with Gasteiger partial charge in [0.2, 0.25) is 0 Å². The molecule has 1 atom stereocenters. The quantitative estimate of drug-likeness (QED) is 0.878. The third kappa shape index (κ3) is 2.81. The highest BCUT2D eigenvalue weighted by Gasteiger charge is 2.18. The summed E-state index contributed by atoms with van der Waals surface area (Å²) in [4.78, 5) is 8.98. The summed E-state index contributed by atoms with van der Waals surface area (Å²) in [7, 11) is 0. The van der Waals surface area contributed by atoms with E-state index in [9.17, 15) is 0 Å². The van der Waals surface area contributed by atoms with Crippen LogP contribution in [-0.4, -0.2) is 33.3 Å². The van der Waals surface area contributed by atoms with E-state index in [1.807, 2.05) is 13.0 Å². The van der Waals surface area contributed by atoms with Crippen LogP contribution < -0.4 is 5.32 Å². The standard InChI is InChI=1S/C14H19N5/c1-10-7-13(19-18-10)14-12(16-5-6-17-14)8-11-3-2-4-15-9-11/h5-7,11,15H,2-4,8-9H2,1H3,(H,18,19)/t11-/m1/s1. The highest BCUT2D eigenvalue weighted by Crippen LogP contribution is 2.22. The van der Waals surface area contributed by atoms with E-state index in [2.05, 4.69) is 25.5 Å². The predicted molar refractivity (Wildman–Crippen MR) is 73.6 cm³/mol. The van der Waals surface area contributed by atoms with Crippen LogP contribution in [0.15, 0.2) is 18.5 Å². The van der Waals surface area contributed by atoms with Gasteiger partial charge in [0, 0.05) is 18.1 Å². The summed E-state index contributed by atoms with van der Waals surface area (Å²) in [6, 6.07) is 2.02. The summed E-state index contributed by atoms with van der Waals surface area (Å²) in [6.45, 7) is 4.22. The second-order valence-electron chi connectivity index (χ2n) is 5.20. The maximum absolute atomic E-state index is 4.51. The molecule has 0 unspecified atom stereocenters. The largest absolute Gasteiger partial charge is 0.316 e. The Morgan fingerprint density at radius 1 is 1.32 bits per heavy atom. The number of aromatic amines is 1. The molecule has 0 bridgehead atoms. The van der Waals surface area contributed by atoms with Crippen molar-refractivity contribution in [2.45, 2.75) is 26.2 Å². The zero-order chi connectivity index (χ0) is 13.1. The molecule has 2 aromatic heterocycles. The van der Waals surface area contributed by atoms with Crippen LogP contribution in [0.4, 0.5) is 0 Å². The number of nitrogens with zero attached hydrogens (tertiary/aromatic N) is 3. The number of hydrogen-bond donors (Lipinski definition) is 2. The molecule has 5 heteroatoms. The van der Waals surface area contributed by atoms with E-state index in [0.29, 0.717) is 5.92 Å². The van der Waals surface area contributed by atoms with E-state index in [1.54, 1.807) is 12.4 Å². The maximum atomic E-state index is 4.51. The number of rotatable bonds is 3. The Hall–Kier alpha value is -1.75. The molecule has 3 rings (SSSR count). The zero-order valence-electron chi connectivity index (χ0n) is 11.2. The number of hydrogen-bond acceptors (Lipinski definition) is 4. The number of aromatic nitrogens is 4. The van der Waals surface area contributed by atoms with Crippen LogP contribution in [0.1, 0.15) is 24.2 Å². The first kappa shape index (κ1) is 12.3. The molecule has 0 saturated carbocycles. The molecular formula is C14H19N5. The second kappa shape index (κ2) is 5.48. The molecule has 3 heterocycles. The van der Waals surface area contributed by atoms with E-state index < -0.39 is 0 Å². The Labute approximate surface area is 112 Å². The van der Waals surface area contributed by atoms with Crippen LogP contribution in [0.5, 0.6) is 0 Å². The van der Waals surface area contributed by atoms with Gasteiger partial charge in [0.25, 0.3) is 0 Å². The van der Waals surface area contributed by atoms with E-state index in [4.69, 9.17) is 0 Å². The molecule has 5 nitrogen and oxygen atoms in total. The molecule has 0 amide bonds. The fraction of sp³-hybridized carbons (Fsp3) is 0.500. The van der Waals surface area contributed by atoms with Crippen molar-refractivity contribution in [1.82, 2.24) is 25.5 Å². The Balaban J connectivity index is 1.84. The Morgan fingerprint density at radius 3 is 2.95 bits per heavy atom. The molecule has 1 aliphatic heterocycles. The van der Waals surface area contributed by atoms with Crippen LogP contribution in [0.2, 0.25) is 0 Å². The van der Waals surface area contributed by atoms with Gasteiger partial charge in [-0.25, -0.2) is 0 Å². The molecule has 1 saturated heterocycles. The van der Waals surface area contributed by atoms with Gasteiger partial charge in [0.1, 0.15) is 11.4 Å². The van der Waals surface area contributed by atoms with Gasteiger partial charge in [0.15, 0.2) is 0 Å². The van der Waals surface area contributed by atoms with Crippen molar-refractivity contribution in [3.63, 3.8) is 0 Å². The lowest BCUT2D eigenvalue weighted by Gasteiger charge is -2.22. The summed E-state index contributed by atoms with van der Waals surface area (Å²) < 4.78 is 0. The smallest absolute Gasteiger partial charge is 0.113 e. The molecule has 0 aromatic carbocycles. The lowest BCUT2D eigenvalue weighted by atomic mass is 9.93. The lowest BCUT2D eigenvalue weighted by Crippen LogP contribution is -2.31. The second-order valence-corrected chi connectivity index (χ2v) is 5.20. The van der Waals surface area contributed by atoms with Crippen molar-refractivity contribution in [2.24, 2.45) is 5.92 Å². The fourth-order valence-corrected chi connectivity index (χ4v) is 2.64. The monoisotopic (exact) mass is 257 g/mol. The molecule has 1 fully saturated rings. The third-order valence-corrected chi connectivity index (χ3v) is 3.60. The van der Waals surface area contributed by atoms with Crippen molar-refractivity contribution >= 4 is 0 Å². The summed E-state index contributed by atoms with van der Waals surface area (Å²) in [5.74, 6) is 0.657. The molecular weight excluding hydrogens is 238 g/mol. The summed E-state index contributed by atoms with van der Waals surface area (Å²) >= 11 is 0. The van der Waals surface area contributed by atoms with Crippen molar-refractivity contribution < 1.29 is 0 Å². The topological polar surface area (TPSA) is 66.5 Å². The predicted octanol–water partition coefficient (Wildman–Crippen LogP) is 1.72. The van der Waals surface area contributed by atoms with Crippen molar-refractivity contribution in [3.8, 4) is 11.4 Å². The van der Waals surface area contributed by atoms with E-state index in [1.165, 1.54) is 12.8 Å². The molecule has 100 valence electrons. The molecule has 2 aromatic rings. The minimum atomic E-state index is 0.657. The third-order valence-electron chi connectivity index (χ3n) is 3.60. The van der Waals surface area contributed by atoms with Crippen LogP contribution >= 0.6 is 0 Å². The molecule has 1 aliphatic rings.